The van der Waals surface area contributed by atoms with Crippen LogP contribution >= 0.6 is 23.2 Å². The average Bonchev–Trinajstić information content (AvgIpc) is 3.01. The zero-order valence-electron chi connectivity index (χ0n) is 26.7. The number of ether oxygens (including phenoxy) is 2. The van der Waals surface area contributed by atoms with Crippen molar-refractivity contribution in [3.8, 4) is 5.75 Å². The van der Waals surface area contributed by atoms with Gasteiger partial charge in [0.15, 0.2) is 6.23 Å². The molecule has 0 spiro atoms. The summed E-state index contributed by atoms with van der Waals surface area (Å²) in [5, 5.41) is 2.09. The maximum atomic E-state index is 13.2. The molecule has 10 heteroatoms. The molecule has 2 aliphatic rings. The summed E-state index contributed by atoms with van der Waals surface area (Å²) in [5.74, 6) is 1.02. The molecule has 1 fully saturated rings. The number of piperazine rings is 1. The summed E-state index contributed by atoms with van der Waals surface area (Å²) in [6, 6.07) is 14.9. The Morgan fingerprint density at radius 2 is 1.78 bits per heavy atom. The molecule has 2 aromatic carbocycles. The van der Waals surface area contributed by atoms with Crippen LogP contribution in [0.2, 0.25) is 10.0 Å². The lowest BCUT2D eigenvalue weighted by Crippen LogP contribution is -2.46. The number of anilines is 1. The highest BCUT2D eigenvalue weighted by molar-refractivity contribution is 6.43. The van der Waals surface area contributed by atoms with Crippen molar-refractivity contribution in [1.29, 1.82) is 0 Å². The fourth-order valence-corrected chi connectivity index (χ4v) is 6.51. The topological polar surface area (TPSA) is 67.2 Å². The fraction of sp³-hybridized carbons (Fsp3) is 0.486. The Labute approximate surface area is 276 Å². The van der Waals surface area contributed by atoms with Gasteiger partial charge >= 0.3 is 6.09 Å². The first kappa shape index (κ1) is 33.2. The summed E-state index contributed by atoms with van der Waals surface area (Å²) in [7, 11) is 0. The van der Waals surface area contributed by atoms with E-state index in [0.29, 0.717) is 40.4 Å². The molecular formula is C35H44Cl2N4O4. The Kier molecular flexibility index (Phi) is 11.0. The molecule has 45 heavy (non-hydrogen) atoms. The molecule has 1 aliphatic heterocycles. The number of aromatic nitrogens is 1. The highest BCUT2D eigenvalue weighted by Crippen LogP contribution is 2.33. The normalized spacial score (nSPS) is 17.6. The summed E-state index contributed by atoms with van der Waals surface area (Å²) in [4.78, 5) is 32.9. The molecule has 1 aliphatic carbocycles. The third-order valence-electron chi connectivity index (χ3n) is 8.62. The SMILES string of the molecule is CCN(C(=O)OC(C(C)C)n1c(=O)ccc2ccc(OCCCCN3CCN(c4cccc(Cl)c4Cl)CC3)cc21)C1=CC(C)C1. The number of hydrogen-bond acceptors (Lipinski definition) is 6. The highest BCUT2D eigenvalue weighted by Gasteiger charge is 2.30. The van der Waals surface area contributed by atoms with Gasteiger partial charge in [0, 0.05) is 56.5 Å². The summed E-state index contributed by atoms with van der Waals surface area (Å²) < 4.78 is 13.8. The number of amides is 1. The highest BCUT2D eigenvalue weighted by atomic mass is 35.5. The second kappa shape index (κ2) is 14.9. The van der Waals surface area contributed by atoms with Crippen LogP contribution in [-0.2, 0) is 4.74 Å². The molecule has 0 saturated carbocycles. The third-order valence-corrected chi connectivity index (χ3v) is 9.43. The summed E-state index contributed by atoms with van der Waals surface area (Å²) >= 11 is 12.6. The minimum Gasteiger partial charge on any atom is -0.494 e. The molecule has 2 unspecified atom stereocenters. The summed E-state index contributed by atoms with van der Waals surface area (Å²) in [6.07, 6.45) is 3.67. The van der Waals surface area contributed by atoms with E-state index in [-0.39, 0.29) is 11.5 Å². The van der Waals surface area contributed by atoms with Crippen LogP contribution in [0.25, 0.3) is 10.9 Å². The first-order valence-electron chi connectivity index (χ1n) is 16.0. The van der Waals surface area contributed by atoms with Crippen LogP contribution in [0.5, 0.6) is 5.75 Å². The van der Waals surface area contributed by atoms with Crippen LogP contribution in [0.1, 0.15) is 53.2 Å². The number of pyridine rings is 1. The van der Waals surface area contributed by atoms with Crippen LogP contribution in [-0.4, -0.2) is 66.3 Å². The Balaban J connectivity index is 1.17. The number of benzene rings is 2. The van der Waals surface area contributed by atoms with Gasteiger partial charge in [0.05, 0.1) is 27.9 Å². The van der Waals surface area contributed by atoms with E-state index < -0.39 is 12.3 Å². The van der Waals surface area contributed by atoms with Crippen molar-refractivity contribution in [2.75, 3.05) is 50.8 Å². The van der Waals surface area contributed by atoms with Gasteiger partial charge in [-0.15, -0.1) is 0 Å². The lowest BCUT2D eigenvalue weighted by molar-refractivity contribution is 0.00680. The van der Waals surface area contributed by atoms with Crippen molar-refractivity contribution >= 4 is 45.9 Å². The first-order chi connectivity index (χ1) is 21.7. The monoisotopic (exact) mass is 654 g/mol. The minimum atomic E-state index is -0.758. The molecule has 8 nitrogen and oxygen atoms in total. The van der Waals surface area contributed by atoms with Crippen molar-refractivity contribution in [3.05, 3.63) is 80.7 Å². The number of unbranched alkanes of at least 4 members (excludes halogenated alkanes) is 1. The largest absolute Gasteiger partial charge is 0.494 e. The lowest BCUT2D eigenvalue weighted by Gasteiger charge is -2.36. The predicted molar refractivity (Wildman–Crippen MR) is 183 cm³/mol. The fourth-order valence-electron chi connectivity index (χ4n) is 6.09. The molecule has 242 valence electrons. The first-order valence-corrected chi connectivity index (χ1v) is 16.8. The molecule has 1 amide bonds. The summed E-state index contributed by atoms with van der Waals surface area (Å²) in [5.41, 5.74) is 2.44. The van der Waals surface area contributed by atoms with E-state index >= 15 is 0 Å². The molecule has 1 aromatic heterocycles. The molecule has 1 saturated heterocycles. The van der Waals surface area contributed by atoms with Gasteiger partial charge in [-0.2, -0.15) is 0 Å². The van der Waals surface area contributed by atoms with Gasteiger partial charge in [0.1, 0.15) is 5.75 Å². The smallest absolute Gasteiger partial charge is 0.415 e. The van der Waals surface area contributed by atoms with Crippen molar-refractivity contribution in [2.24, 2.45) is 11.8 Å². The number of carbonyl (C=O) groups is 1. The second-order valence-electron chi connectivity index (χ2n) is 12.3. The van der Waals surface area contributed by atoms with Crippen LogP contribution in [0, 0.1) is 11.8 Å². The maximum Gasteiger partial charge on any atom is 0.415 e. The Bertz CT molecular complexity index is 1580. The number of halogens is 2. The van der Waals surface area contributed by atoms with E-state index in [2.05, 4.69) is 22.8 Å². The molecule has 2 heterocycles. The molecular weight excluding hydrogens is 611 g/mol. The molecule has 0 radical (unpaired) electrons. The van der Waals surface area contributed by atoms with E-state index in [1.165, 1.54) is 6.07 Å². The van der Waals surface area contributed by atoms with Gasteiger partial charge in [0.2, 0.25) is 0 Å². The van der Waals surface area contributed by atoms with Crippen molar-refractivity contribution < 1.29 is 14.3 Å². The second-order valence-corrected chi connectivity index (χ2v) is 13.1. The van der Waals surface area contributed by atoms with Crippen LogP contribution in [0.3, 0.4) is 0 Å². The number of allylic oxidation sites excluding steroid dienone is 2. The zero-order valence-corrected chi connectivity index (χ0v) is 28.2. The third kappa shape index (κ3) is 7.79. The quantitative estimate of drug-likeness (QED) is 0.186. The van der Waals surface area contributed by atoms with E-state index in [1.807, 2.05) is 57.2 Å². The van der Waals surface area contributed by atoms with E-state index in [9.17, 15) is 9.59 Å². The number of rotatable bonds is 12. The number of fused-ring (bicyclic) bond motifs is 1. The van der Waals surface area contributed by atoms with Crippen molar-refractivity contribution in [1.82, 2.24) is 14.4 Å². The molecule has 0 N–H and O–H groups in total. The van der Waals surface area contributed by atoms with Gasteiger partial charge in [-0.3, -0.25) is 19.2 Å². The van der Waals surface area contributed by atoms with Gasteiger partial charge < -0.3 is 14.4 Å². The Morgan fingerprint density at radius 3 is 2.47 bits per heavy atom. The number of carbonyl (C=O) groups excluding carboxylic acids is 1. The minimum absolute atomic E-state index is 0.126. The van der Waals surface area contributed by atoms with Gasteiger partial charge in [-0.25, -0.2) is 4.79 Å². The standard InChI is InChI=1S/C35H44Cl2N4O4/c1-5-40(27-21-25(4)22-27)35(43)45-34(24(2)3)41-31-23-28(13-11-26(31)12-14-32(41)42)44-20-7-6-15-38-16-18-39(19-17-38)30-10-8-9-29(36)33(30)37/h8-14,21,23-25,34H,5-7,15-20,22H2,1-4H3. The molecule has 2 atom stereocenters. The predicted octanol–water partition coefficient (Wildman–Crippen LogP) is 7.83. The summed E-state index contributed by atoms with van der Waals surface area (Å²) in [6.45, 7) is 13.8. The van der Waals surface area contributed by atoms with E-state index in [1.54, 1.807) is 15.5 Å². The number of hydrogen-bond donors (Lipinski definition) is 0. The van der Waals surface area contributed by atoms with Gasteiger partial charge in [-0.1, -0.05) is 56.1 Å². The molecule has 5 rings (SSSR count). The lowest BCUT2D eigenvalue weighted by atomic mass is 9.92. The maximum absolute atomic E-state index is 13.2. The van der Waals surface area contributed by atoms with Crippen LogP contribution < -0.4 is 15.2 Å². The molecule has 0 bridgehead atoms. The molecule has 3 aromatic rings. The zero-order chi connectivity index (χ0) is 32.1. The van der Waals surface area contributed by atoms with E-state index in [0.717, 1.165) is 68.8 Å². The van der Waals surface area contributed by atoms with Crippen molar-refractivity contribution in [3.63, 3.8) is 0 Å². The average molecular weight is 656 g/mol. The van der Waals surface area contributed by atoms with Crippen molar-refractivity contribution in [2.45, 2.75) is 53.2 Å². The van der Waals surface area contributed by atoms with Gasteiger partial charge in [-0.05, 0) is 74.4 Å². The Morgan fingerprint density at radius 1 is 1.04 bits per heavy atom. The van der Waals surface area contributed by atoms with Gasteiger partial charge in [0.25, 0.3) is 5.56 Å². The van der Waals surface area contributed by atoms with Crippen LogP contribution in [0.15, 0.2) is 65.1 Å². The Hall–Kier alpha value is -3.20. The number of nitrogens with zero attached hydrogens (tertiary/aromatic N) is 4. The van der Waals surface area contributed by atoms with E-state index in [4.69, 9.17) is 32.7 Å². The van der Waals surface area contributed by atoms with Crippen LogP contribution in [0.4, 0.5) is 10.5 Å².